The van der Waals surface area contributed by atoms with Crippen molar-refractivity contribution in [1.29, 1.82) is 0 Å². The van der Waals surface area contributed by atoms with E-state index < -0.39 is 0 Å². The predicted molar refractivity (Wildman–Crippen MR) is 574 cm³/mol. The second-order valence-corrected chi connectivity index (χ2v) is 53.6. The molecule has 8 aliphatic rings. The van der Waals surface area contributed by atoms with Crippen molar-refractivity contribution in [2.75, 3.05) is 62.2 Å². The normalized spacial score (nSPS) is 22.6. The fourth-order valence-electron chi connectivity index (χ4n) is 20.7. The van der Waals surface area contributed by atoms with Crippen LogP contribution in [-0.2, 0) is 25.8 Å². The summed E-state index contributed by atoms with van der Waals surface area (Å²) in [6.07, 6.45) is 18.7. The minimum absolute atomic E-state index is 0. The molecule has 8 nitrogen and oxygen atoms in total. The van der Waals surface area contributed by atoms with Crippen LogP contribution in [0.15, 0.2) is 72.8 Å². The number of nitrogens with zero attached hydrogens (tertiary/aromatic N) is 8. The molecule has 0 N–H and O–H groups in total. The minimum Gasteiger partial charge on any atom is -0.363 e. The molecule has 0 aliphatic carbocycles. The Bertz CT molecular complexity index is 3270. The summed E-state index contributed by atoms with van der Waals surface area (Å²) >= 11 is 0. The standard InChI is InChI=1S/2C17H27N.C16H25N.2C13H27N.2C12H25N.C11H23N.6CH4/c1-16(2,3)15-11-13-9-7-8-10-14(13)12-18(15)17(4,5)6;1-16(2,3)15-12-11-13-9-7-8-10-14(13)18(15)17(4,5)6;1-15(2,3)14-11-12-9-7-8-10-13(12)17(14)16(4,5)6;1-12(2,3)11-8-7-9-14(10-11)13(4,5)6;1-12(2,3)11-9-7-8-10-14(11)13(4,5)6;1-11(2,3)10-8-7-9-13(10)12(4,5)6;1-10(2)11-6-8-13(9-7-11)12(3,4)5;1-9(2)10-6-7-12(8-10)11(3,4)5;;;;;;/h2*7-10,15H,11-12H2,1-6H3;7-10,14H,11H2,1-6H3;2*11H,7-10H2,1-6H3;10H,7-9H2,1-6H3;10-11H,6-9H2,1-5H3;9-10H,6-8H2,1-5H3;6*1H4. The summed E-state index contributed by atoms with van der Waals surface area (Å²) < 4.78 is 0. The number of benzene rings is 3. The van der Waals surface area contributed by atoms with E-state index in [1.165, 1.54) is 176 Å². The first-order valence-electron chi connectivity index (χ1n) is 49.0. The van der Waals surface area contributed by atoms with Crippen molar-refractivity contribution in [3.63, 3.8) is 0 Å². The molecule has 3 aromatic rings. The number of piperidine rings is 3. The lowest BCUT2D eigenvalue weighted by atomic mass is 9.75. The van der Waals surface area contributed by atoms with Crippen molar-refractivity contribution in [3.8, 4) is 0 Å². The topological polar surface area (TPSA) is 25.9 Å². The highest BCUT2D eigenvalue weighted by atomic mass is 15.3. The number of aryl methyl sites for hydroxylation is 1. The summed E-state index contributed by atoms with van der Waals surface area (Å²) in [5.41, 5.74) is 13.6. The number of likely N-dealkylation sites (tertiary alicyclic amines) is 5. The van der Waals surface area contributed by atoms with E-state index >= 15 is 0 Å². The van der Waals surface area contributed by atoms with Gasteiger partial charge in [-0.15, -0.1) is 0 Å². The van der Waals surface area contributed by atoms with Crippen LogP contribution in [0.25, 0.3) is 0 Å². The number of hydrogen-bond donors (Lipinski definition) is 0. The fraction of sp³-hybridized carbons (Fsp3) is 0.846. The molecule has 8 aliphatic heterocycles. The third-order valence-electron chi connectivity index (χ3n) is 28.4. The molecule has 0 amide bonds. The molecule has 0 aromatic heterocycles. The van der Waals surface area contributed by atoms with Crippen molar-refractivity contribution >= 4 is 11.4 Å². The van der Waals surface area contributed by atoms with Crippen molar-refractivity contribution in [3.05, 3.63) is 95.1 Å². The molecule has 8 heterocycles. The second kappa shape index (κ2) is 49.3. The summed E-state index contributed by atoms with van der Waals surface area (Å²) in [5.74, 6) is 4.51. The zero-order valence-electron chi connectivity index (χ0n) is 88.5. The number of anilines is 2. The Labute approximate surface area is 789 Å². The zero-order valence-corrected chi connectivity index (χ0v) is 88.5. The van der Waals surface area contributed by atoms with Gasteiger partial charge in [0.25, 0.3) is 0 Å². The van der Waals surface area contributed by atoms with E-state index in [1.54, 1.807) is 0 Å². The van der Waals surface area contributed by atoms with Gasteiger partial charge < -0.3 is 9.80 Å². The van der Waals surface area contributed by atoms with Gasteiger partial charge in [-0.3, -0.25) is 29.4 Å². The van der Waals surface area contributed by atoms with Gasteiger partial charge in [0.2, 0.25) is 0 Å². The average Bonchev–Trinajstić information content (AvgIpc) is 1.72. The molecule has 11 rings (SSSR count). The zero-order chi connectivity index (χ0) is 91.6. The van der Waals surface area contributed by atoms with Crippen LogP contribution in [0.4, 0.5) is 11.4 Å². The van der Waals surface area contributed by atoms with Crippen LogP contribution >= 0.6 is 0 Å². The van der Waals surface area contributed by atoms with Gasteiger partial charge >= 0.3 is 0 Å². The first-order chi connectivity index (χ1) is 53.6. The quantitative estimate of drug-likeness (QED) is 0.250. The highest BCUT2D eigenvalue weighted by Crippen LogP contribution is 2.47. The van der Waals surface area contributed by atoms with Crippen LogP contribution in [0.5, 0.6) is 0 Å². The van der Waals surface area contributed by atoms with Crippen LogP contribution in [0.3, 0.4) is 0 Å². The highest BCUT2D eigenvalue weighted by Gasteiger charge is 2.46. The monoisotopic (exact) mass is 1750 g/mol. The SMILES string of the molecule is C.C.C.C.C.C.CC(C)(C)C1CCCCN1C(C)(C)C.CC(C)(C)C1CCCN(C(C)(C)C)C1.CC(C)(C)C1CCCN1C(C)(C)C.CC(C)(C)C1CCc2ccccc2N1C(C)(C)C.CC(C)(C)C1Cc2ccccc2CN1C(C)(C)C.CC(C)(C)C1Cc2ccccc2N1C(C)(C)C.CC(C)C1CCN(C(C)(C)C)C1.CC(C)C1CCN(C(C)(C)C)CC1. The lowest BCUT2D eigenvalue weighted by Crippen LogP contribution is -2.55. The molecule has 7 unspecified atom stereocenters. The highest BCUT2D eigenvalue weighted by molar-refractivity contribution is 5.62. The maximum Gasteiger partial charge on any atom is 0.0406 e. The van der Waals surface area contributed by atoms with Gasteiger partial charge in [-0.05, 0) is 385 Å². The minimum atomic E-state index is 0. The number of fused-ring (bicyclic) bond motifs is 3. The van der Waals surface area contributed by atoms with E-state index in [0.29, 0.717) is 78.3 Å². The van der Waals surface area contributed by atoms with Gasteiger partial charge in [0.05, 0.1) is 0 Å². The van der Waals surface area contributed by atoms with Gasteiger partial charge in [0.1, 0.15) is 0 Å². The lowest BCUT2D eigenvalue weighted by molar-refractivity contribution is -0.00414. The lowest BCUT2D eigenvalue weighted by Gasteiger charge is -2.52. The Kier molecular flexibility index (Phi) is 49.8. The van der Waals surface area contributed by atoms with E-state index in [0.717, 1.165) is 48.2 Å². The molecular weight excluding hydrogens is 1520 g/mol. The van der Waals surface area contributed by atoms with Crippen molar-refractivity contribution < 1.29 is 0 Å². The van der Waals surface area contributed by atoms with Gasteiger partial charge in [0.15, 0.2) is 0 Å². The van der Waals surface area contributed by atoms with Crippen molar-refractivity contribution in [1.82, 2.24) is 29.4 Å². The van der Waals surface area contributed by atoms with E-state index in [4.69, 9.17) is 0 Å². The summed E-state index contributed by atoms with van der Waals surface area (Å²) in [5, 5.41) is 0. The second-order valence-electron chi connectivity index (χ2n) is 53.6. The molecule has 0 bridgehead atoms. The summed E-state index contributed by atoms with van der Waals surface area (Å²) in [4.78, 5) is 21.2. The number of hydrogen-bond acceptors (Lipinski definition) is 8. The van der Waals surface area contributed by atoms with Gasteiger partial charge in [0, 0.05) is 106 Å². The molecule has 0 spiro atoms. The molecule has 3 aromatic carbocycles. The van der Waals surface area contributed by atoms with Crippen molar-refractivity contribution in [2.45, 2.75) is 534 Å². The predicted octanol–water partition coefficient (Wildman–Crippen LogP) is 33.4. The Balaban J connectivity index is -0.00000136. The molecule has 7 atom stereocenters. The molecule has 0 radical (unpaired) electrons. The fourth-order valence-corrected chi connectivity index (χ4v) is 20.7. The molecule has 5 fully saturated rings. The number of rotatable bonds is 2. The van der Waals surface area contributed by atoms with E-state index in [1.807, 2.05) is 0 Å². The van der Waals surface area contributed by atoms with Crippen LogP contribution in [0.1, 0.15) is 456 Å². The van der Waals surface area contributed by atoms with Gasteiger partial charge in [-0.1, -0.05) is 264 Å². The van der Waals surface area contributed by atoms with Crippen molar-refractivity contribution in [2.24, 2.45) is 62.1 Å². The van der Waals surface area contributed by atoms with Crippen LogP contribution in [-0.4, -0.2) is 156 Å². The molecular formula is C117H230N8. The summed E-state index contributed by atoms with van der Waals surface area (Å²) in [6.45, 7) is 119. The Morgan fingerprint density at radius 1 is 0.248 bits per heavy atom. The van der Waals surface area contributed by atoms with Gasteiger partial charge in [-0.2, -0.15) is 0 Å². The summed E-state index contributed by atoms with van der Waals surface area (Å²) in [7, 11) is 0. The largest absolute Gasteiger partial charge is 0.363 e. The van der Waals surface area contributed by atoms with Crippen LogP contribution in [0, 0.1) is 62.1 Å². The van der Waals surface area contributed by atoms with Crippen LogP contribution < -0.4 is 9.80 Å². The molecule has 125 heavy (non-hydrogen) atoms. The first-order valence-corrected chi connectivity index (χ1v) is 49.0. The molecule has 0 saturated carbocycles. The maximum absolute atomic E-state index is 2.70. The summed E-state index contributed by atoms with van der Waals surface area (Å²) in [6, 6.07) is 30.1. The smallest absolute Gasteiger partial charge is 0.0406 e. The van der Waals surface area contributed by atoms with Gasteiger partial charge in [-0.25, -0.2) is 0 Å². The molecule has 5 saturated heterocycles. The maximum atomic E-state index is 2.70. The Morgan fingerprint density at radius 3 is 0.936 bits per heavy atom. The van der Waals surface area contributed by atoms with E-state index in [2.05, 4.69) is 430 Å². The Hall–Kier alpha value is -2.98. The van der Waals surface area contributed by atoms with E-state index in [9.17, 15) is 0 Å². The van der Waals surface area contributed by atoms with E-state index in [-0.39, 0.29) is 61.2 Å². The third kappa shape index (κ3) is 39.2. The first kappa shape index (κ1) is 126. The number of para-hydroxylation sites is 2. The average molecular weight is 1750 g/mol. The molecule has 738 valence electrons. The van der Waals surface area contributed by atoms with Crippen LogP contribution in [0.2, 0.25) is 0 Å². The molecule has 8 heteroatoms. The Morgan fingerprint density at radius 2 is 0.576 bits per heavy atom. The third-order valence-corrected chi connectivity index (χ3v) is 28.4.